The molecule has 3 unspecified atom stereocenters. The van der Waals surface area contributed by atoms with Crippen LogP contribution in [0.3, 0.4) is 0 Å². The summed E-state index contributed by atoms with van der Waals surface area (Å²) in [5.41, 5.74) is 4.41. The molecule has 0 radical (unpaired) electrons. The van der Waals surface area contributed by atoms with Gasteiger partial charge >= 0.3 is 0 Å². The van der Waals surface area contributed by atoms with Gasteiger partial charge in [-0.2, -0.15) is 0 Å². The Morgan fingerprint density at radius 3 is 1.92 bits per heavy atom. The molecule has 2 aromatic rings. The molecule has 0 spiro atoms. The van der Waals surface area contributed by atoms with Gasteiger partial charge in [-0.15, -0.1) is 0 Å². The number of rotatable bonds is 20. The third kappa shape index (κ3) is 10.6. The van der Waals surface area contributed by atoms with Gasteiger partial charge in [-0.3, -0.25) is 0 Å². The maximum absolute atomic E-state index is 5.74. The molecule has 2 aliphatic rings. The summed E-state index contributed by atoms with van der Waals surface area (Å²) in [7, 11) is 0. The van der Waals surface area contributed by atoms with Crippen LogP contribution in [0.25, 0.3) is 0 Å². The molecule has 3 atom stereocenters. The van der Waals surface area contributed by atoms with Gasteiger partial charge in [0.05, 0.1) is 19.3 Å². The SMILES string of the molecule is CCCCCCCC(CCCCCCCc1ccc(OCC2CO2)cc1)c1ccc(CC2CO2)cc1. The highest BCUT2D eigenvalue weighted by Crippen LogP contribution is 2.30. The van der Waals surface area contributed by atoms with E-state index in [0.717, 1.165) is 31.3 Å². The zero-order valence-electron chi connectivity index (χ0n) is 22.6. The molecule has 0 saturated carbocycles. The minimum absolute atomic E-state index is 0.318. The predicted octanol–water partition coefficient (Wildman–Crippen LogP) is 8.43. The molecule has 0 amide bonds. The van der Waals surface area contributed by atoms with Crippen LogP contribution in [0.2, 0.25) is 0 Å². The molecular weight excluding hydrogens is 444 g/mol. The fourth-order valence-corrected chi connectivity index (χ4v) is 5.20. The van der Waals surface area contributed by atoms with Gasteiger partial charge < -0.3 is 14.2 Å². The molecule has 0 aliphatic carbocycles. The van der Waals surface area contributed by atoms with Crippen LogP contribution >= 0.6 is 0 Å². The third-order valence-electron chi connectivity index (χ3n) is 7.75. The maximum Gasteiger partial charge on any atom is 0.119 e. The lowest BCUT2D eigenvalue weighted by atomic mass is 9.87. The predicted molar refractivity (Wildman–Crippen MR) is 149 cm³/mol. The second-order valence-electron chi connectivity index (χ2n) is 11.0. The largest absolute Gasteiger partial charge is 0.491 e. The molecule has 2 fully saturated rings. The van der Waals surface area contributed by atoms with Crippen LogP contribution in [-0.4, -0.2) is 32.0 Å². The average Bonchev–Trinajstić information content (AvgIpc) is 3.83. The molecule has 2 aliphatic heterocycles. The zero-order chi connectivity index (χ0) is 24.8. The van der Waals surface area contributed by atoms with Crippen molar-refractivity contribution < 1.29 is 14.2 Å². The van der Waals surface area contributed by atoms with E-state index in [-0.39, 0.29) is 0 Å². The van der Waals surface area contributed by atoms with Gasteiger partial charge in [0.15, 0.2) is 0 Å². The van der Waals surface area contributed by atoms with Crippen molar-refractivity contribution in [1.82, 2.24) is 0 Å². The van der Waals surface area contributed by atoms with E-state index in [9.17, 15) is 0 Å². The van der Waals surface area contributed by atoms with Crippen LogP contribution in [0.4, 0.5) is 0 Å². The molecule has 0 bridgehead atoms. The molecular formula is C33H48O3. The van der Waals surface area contributed by atoms with E-state index in [1.165, 1.54) is 94.6 Å². The molecule has 2 aromatic carbocycles. The monoisotopic (exact) mass is 492 g/mol. The first-order chi connectivity index (χ1) is 17.8. The summed E-state index contributed by atoms with van der Waals surface area (Å²) in [6.07, 6.45) is 19.3. The lowest BCUT2D eigenvalue weighted by Gasteiger charge is -2.18. The smallest absolute Gasteiger partial charge is 0.119 e. The van der Waals surface area contributed by atoms with Crippen molar-refractivity contribution in [2.45, 2.75) is 115 Å². The Hall–Kier alpha value is -1.84. The van der Waals surface area contributed by atoms with E-state index in [1.807, 2.05) is 0 Å². The highest BCUT2D eigenvalue weighted by atomic mass is 16.6. The Morgan fingerprint density at radius 2 is 1.28 bits per heavy atom. The van der Waals surface area contributed by atoms with Crippen molar-refractivity contribution in [3.63, 3.8) is 0 Å². The number of aryl methyl sites for hydroxylation is 1. The number of epoxide rings is 2. The standard InChI is InChI=1S/C33H48O3/c1-2-3-4-6-10-13-29(30-19-15-28(16-20-30)23-32-24-35-32)14-11-8-5-7-9-12-27-17-21-31(22-18-27)34-25-33-26-36-33/h15-22,29,32-33H,2-14,23-26H2,1H3. The fraction of sp³-hybridized carbons (Fsp3) is 0.636. The summed E-state index contributed by atoms with van der Waals surface area (Å²) in [6.45, 7) is 4.77. The molecule has 3 heteroatoms. The van der Waals surface area contributed by atoms with E-state index in [2.05, 4.69) is 55.5 Å². The van der Waals surface area contributed by atoms with Crippen molar-refractivity contribution in [1.29, 1.82) is 0 Å². The van der Waals surface area contributed by atoms with Crippen LogP contribution in [0.1, 0.15) is 107 Å². The quantitative estimate of drug-likeness (QED) is 0.137. The van der Waals surface area contributed by atoms with E-state index < -0.39 is 0 Å². The number of ether oxygens (including phenoxy) is 3. The number of benzene rings is 2. The molecule has 0 N–H and O–H groups in total. The van der Waals surface area contributed by atoms with E-state index in [1.54, 1.807) is 5.56 Å². The molecule has 0 aromatic heterocycles. The third-order valence-corrected chi connectivity index (χ3v) is 7.75. The highest BCUT2D eigenvalue weighted by molar-refractivity contribution is 5.28. The number of hydrogen-bond acceptors (Lipinski definition) is 3. The van der Waals surface area contributed by atoms with Gasteiger partial charge in [0, 0.05) is 6.42 Å². The fourth-order valence-electron chi connectivity index (χ4n) is 5.20. The average molecular weight is 493 g/mol. The summed E-state index contributed by atoms with van der Waals surface area (Å²) in [4.78, 5) is 0. The number of hydrogen-bond donors (Lipinski definition) is 0. The summed E-state index contributed by atoms with van der Waals surface area (Å²) in [5, 5.41) is 0. The molecule has 198 valence electrons. The van der Waals surface area contributed by atoms with Crippen LogP contribution < -0.4 is 4.74 Å². The van der Waals surface area contributed by atoms with Gasteiger partial charge in [-0.05, 0) is 60.4 Å². The van der Waals surface area contributed by atoms with Crippen LogP contribution in [0.5, 0.6) is 5.75 Å². The first kappa shape index (κ1) is 27.2. The van der Waals surface area contributed by atoms with Crippen LogP contribution in [-0.2, 0) is 22.3 Å². The Morgan fingerprint density at radius 1 is 0.694 bits per heavy atom. The van der Waals surface area contributed by atoms with Crippen molar-refractivity contribution in [3.05, 3.63) is 65.2 Å². The van der Waals surface area contributed by atoms with Gasteiger partial charge in [0.1, 0.15) is 18.5 Å². The van der Waals surface area contributed by atoms with Gasteiger partial charge in [-0.25, -0.2) is 0 Å². The lowest BCUT2D eigenvalue weighted by Crippen LogP contribution is -2.03. The van der Waals surface area contributed by atoms with E-state index in [0.29, 0.717) is 18.8 Å². The highest BCUT2D eigenvalue weighted by Gasteiger charge is 2.23. The summed E-state index contributed by atoms with van der Waals surface area (Å²) in [6, 6.07) is 18.2. The Kier molecular flexibility index (Phi) is 11.7. The van der Waals surface area contributed by atoms with Gasteiger partial charge in [-0.1, -0.05) is 101 Å². The topological polar surface area (TPSA) is 34.3 Å². The molecule has 36 heavy (non-hydrogen) atoms. The van der Waals surface area contributed by atoms with Crippen LogP contribution in [0.15, 0.2) is 48.5 Å². The minimum atomic E-state index is 0.318. The second-order valence-corrected chi connectivity index (χ2v) is 11.0. The van der Waals surface area contributed by atoms with Gasteiger partial charge in [0.2, 0.25) is 0 Å². The minimum Gasteiger partial charge on any atom is -0.491 e. The van der Waals surface area contributed by atoms with Crippen molar-refractivity contribution in [3.8, 4) is 5.75 Å². The summed E-state index contributed by atoms with van der Waals surface area (Å²) >= 11 is 0. The normalized spacial score (nSPS) is 19.2. The molecule has 2 saturated heterocycles. The Balaban J connectivity index is 1.11. The second kappa shape index (κ2) is 15.4. The summed E-state index contributed by atoms with van der Waals surface area (Å²) in [5.74, 6) is 1.69. The first-order valence-electron chi connectivity index (χ1n) is 14.8. The molecule has 4 rings (SSSR count). The van der Waals surface area contributed by atoms with Crippen LogP contribution in [0, 0.1) is 0 Å². The molecule has 3 nitrogen and oxygen atoms in total. The summed E-state index contributed by atoms with van der Waals surface area (Å²) < 4.78 is 16.3. The van der Waals surface area contributed by atoms with Crippen molar-refractivity contribution in [2.24, 2.45) is 0 Å². The maximum atomic E-state index is 5.74. The first-order valence-corrected chi connectivity index (χ1v) is 14.8. The Labute approximate surface area is 219 Å². The van der Waals surface area contributed by atoms with Crippen molar-refractivity contribution in [2.75, 3.05) is 19.8 Å². The van der Waals surface area contributed by atoms with E-state index in [4.69, 9.17) is 14.2 Å². The van der Waals surface area contributed by atoms with Crippen molar-refractivity contribution >= 4 is 0 Å². The number of unbranched alkanes of at least 4 members (excludes halogenated alkanes) is 8. The van der Waals surface area contributed by atoms with Gasteiger partial charge in [0.25, 0.3) is 0 Å². The Bertz CT molecular complexity index is 836. The van der Waals surface area contributed by atoms with E-state index >= 15 is 0 Å². The lowest BCUT2D eigenvalue weighted by molar-refractivity contribution is 0.263. The molecule has 2 heterocycles. The zero-order valence-corrected chi connectivity index (χ0v) is 22.6.